The Labute approximate surface area is 72.9 Å². The Kier molecular flexibility index (Phi) is 5.39. The lowest BCUT2D eigenvalue weighted by atomic mass is 10.1. The van der Waals surface area contributed by atoms with E-state index in [1.807, 2.05) is 0 Å². The summed E-state index contributed by atoms with van der Waals surface area (Å²) in [7, 11) is -3.92. The number of nitrogens with two attached hydrogens (primary N) is 2. The Morgan fingerprint density at radius 3 is 2.33 bits per heavy atom. The monoisotopic (exact) mass is 196 g/mol. The SMILES string of the molecule is NCCCC[C@H](N)CS(=O)(=O)O. The molecule has 0 aromatic rings. The van der Waals surface area contributed by atoms with Crippen LogP contribution in [0.4, 0.5) is 0 Å². The zero-order valence-corrected chi connectivity index (χ0v) is 7.76. The number of rotatable bonds is 6. The molecule has 0 heterocycles. The molecule has 5 N–H and O–H groups in total. The number of hydrogen-bond acceptors (Lipinski definition) is 4. The molecule has 0 bridgehead atoms. The van der Waals surface area contributed by atoms with Crippen LogP contribution in [-0.2, 0) is 10.1 Å². The van der Waals surface area contributed by atoms with Crippen molar-refractivity contribution in [2.75, 3.05) is 12.3 Å². The van der Waals surface area contributed by atoms with Gasteiger partial charge in [0.2, 0.25) is 0 Å². The highest BCUT2D eigenvalue weighted by atomic mass is 32.2. The summed E-state index contributed by atoms with van der Waals surface area (Å²) >= 11 is 0. The van der Waals surface area contributed by atoms with Gasteiger partial charge in [0.1, 0.15) is 0 Å². The lowest BCUT2D eigenvalue weighted by Crippen LogP contribution is -2.29. The summed E-state index contributed by atoms with van der Waals surface area (Å²) in [6.07, 6.45) is 2.21. The molecule has 0 aliphatic heterocycles. The van der Waals surface area contributed by atoms with E-state index in [9.17, 15) is 8.42 Å². The molecular formula is C6H16N2O3S. The first-order chi connectivity index (χ1) is 5.45. The van der Waals surface area contributed by atoms with Gasteiger partial charge in [0.05, 0.1) is 5.75 Å². The zero-order chi connectivity index (χ0) is 9.61. The predicted octanol–water partition coefficient (Wildman–Crippen LogP) is -0.669. The van der Waals surface area contributed by atoms with Crippen LogP contribution in [0.15, 0.2) is 0 Å². The molecule has 12 heavy (non-hydrogen) atoms. The van der Waals surface area contributed by atoms with Crippen LogP contribution >= 0.6 is 0 Å². The molecule has 0 spiro atoms. The van der Waals surface area contributed by atoms with Crippen LogP contribution in [0.1, 0.15) is 19.3 Å². The van der Waals surface area contributed by atoms with Gasteiger partial charge in [0.25, 0.3) is 10.1 Å². The van der Waals surface area contributed by atoms with Crippen molar-refractivity contribution in [1.29, 1.82) is 0 Å². The average Bonchev–Trinajstić information content (AvgIpc) is 1.84. The van der Waals surface area contributed by atoms with E-state index in [0.717, 1.165) is 12.8 Å². The van der Waals surface area contributed by atoms with Gasteiger partial charge in [-0.05, 0) is 19.4 Å². The molecule has 0 aromatic heterocycles. The molecule has 0 unspecified atom stereocenters. The van der Waals surface area contributed by atoms with E-state index < -0.39 is 16.2 Å². The summed E-state index contributed by atoms with van der Waals surface area (Å²) in [5.74, 6) is -0.364. The minimum Gasteiger partial charge on any atom is -0.330 e. The topological polar surface area (TPSA) is 106 Å². The first-order valence-corrected chi connectivity index (χ1v) is 5.47. The largest absolute Gasteiger partial charge is 0.330 e. The predicted molar refractivity (Wildman–Crippen MR) is 47.3 cm³/mol. The van der Waals surface area contributed by atoms with Crippen molar-refractivity contribution in [3.63, 3.8) is 0 Å². The molecule has 0 rings (SSSR count). The molecule has 1 atom stereocenters. The van der Waals surface area contributed by atoms with E-state index in [1.165, 1.54) is 0 Å². The highest BCUT2D eigenvalue weighted by Crippen LogP contribution is 1.99. The van der Waals surface area contributed by atoms with Crippen molar-refractivity contribution in [2.24, 2.45) is 11.5 Å². The number of unbranched alkanes of at least 4 members (excludes halogenated alkanes) is 1. The van der Waals surface area contributed by atoms with Crippen LogP contribution in [0.2, 0.25) is 0 Å². The standard InChI is InChI=1S/C6H16N2O3S/c7-4-2-1-3-6(8)5-12(9,10)11/h6H,1-5,7-8H2,(H,9,10,11)/t6-/m0/s1. The minimum absolute atomic E-state index is 0.364. The van der Waals surface area contributed by atoms with E-state index in [-0.39, 0.29) is 5.75 Å². The summed E-state index contributed by atoms with van der Waals surface area (Å²) in [5, 5.41) is 0. The van der Waals surface area contributed by atoms with Crippen molar-refractivity contribution in [3.05, 3.63) is 0 Å². The first kappa shape index (κ1) is 11.8. The maximum Gasteiger partial charge on any atom is 0.266 e. The van der Waals surface area contributed by atoms with Gasteiger partial charge in [-0.1, -0.05) is 6.42 Å². The Balaban J connectivity index is 3.53. The zero-order valence-electron chi connectivity index (χ0n) is 6.94. The van der Waals surface area contributed by atoms with Crippen molar-refractivity contribution in [3.8, 4) is 0 Å². The van der Waals surface area contributed by atoms with Gasteiger partial charge in [-0.2, -0.15) is 8.42 Å². The summed E-state index contributed by atoms with van der Waals surface area (Å²) in [6.45, 7) is 0.582. The molecule has 74 valence electrons. The fourth-order valence-corrected chi connectivity index (χ4v) is 1.61. The van der Waals surface area contributed by atoms with Crippen LogP contribution in [0, 0.1) is 0 Å². The molecule has 6 heteroatoms. The van der Waals surface area contributed by atoms with Gasteiger partial charge < -0.3 is 11.5 Å². The maximum absolute atomic E-state index is 10.3. The van der Waals surface area contributed by atoms with Crippen LogP contribution in [-0.4, -0.2) is 31.3 Å². The molecule has 5 nitrogen and oxygen atoms in total. The third-order valence-electron chi connectivity index (χ3n) is 1.45. The molecule has 0 saturated heterocycles. The third-order valence-corrected chi connectivity index (χ3v) is 2.30. The summed E-state index contributed by atoms with van der Waals surface area (Å²) in [5.41, 5.74) is 10.7. The third kappa shape index (κ3) is 7.93. The average molecular weight is 196 g/mol. The van der Waals surface area contributed by atoms with Crippen LogP contribution in [0.25, 0.3) is 0 Å². The second kappa shape index (κ2) is 5.47. The molecule has 0 saturated carbocycles. The fourth-order valence-electron chi connectivity index (χ4n) is 0.905. The normalized spacial score (nSPS) is 14.6. The molecule has 0 aliphatic rings. The minimum atomic E-state index is -3.92. The molecule has 0 aliphatic carbocycles. The first-order valence-electron chi connectivity index (χ1n) is 3.86. The van der Waals surface area contributed by atoms with Gasteiger partial charge in [0.15, 0.2) is 0 Å². The van der Waals surface area contributed by atoms with Gasteiger partial charge >= 0.3 is 0 Å². The van der Waals surface area contributed by atoms with Crippen molar-refractivity contribution >= 4 is 10.1 Å². The molecule has 0 fully saturated rings. The van der Waals surface area contributed by atoms with Crippen molar-refractivity contribution < 1.29 is 13.0 Å². The Morgan fingerprint density at radius 2 is 1.92 bits per heavy atom. The second-order valence-electron chi connectivity index (χ2n) is 2.79. The summed E-state index contributed by atoms with van der Waals surface area (Å²) in [4.78, 5) is 0. The van der Waals surface area contributed by atoms with Crippen LogP contribution in [0.5, 0.6) is 0 Å². The second-order valence-corrected chi connectivity index (χ2v) is 4.29. The molecule has 0 radical (unpaired) electrons. The smallest absolute Gasteiger partial charge is 0.266 e. The highest BCUT2D eigenvalue weighted by Gasteiger charge is 2.11. The van der Waals surface area contributed by atoms with E-state index in [2.05, 4.69) is 0 Å². The lowest BCUT2D eigenvalue weighted by Gasteiger charge is -2.07. The van der Waals surface area contributed by atoms with Crippen LogP contribution < -0.4 is 11.5 Å². The van der Waals surface area contributed by atoms with Gasteiger partial charge in [-0.25, -0.2) is 0 Å². The van der Waals surface area contributed by atoms with Gasteiger partial charge in [-0.3, -0.25) is 4.55 Å². The summed E-state index contributed by atoms with van der Waals surface area (Å²) < 4.78 is 29.1. The Morgan fingerprint density at radius 1 is 1.33 bits per heavy atom. The van der Waals surface area contributed by atoms with Gasteiger partial charge in [-0.15, -0.1) is 0 Å². The van der Waals surface area contributed by atoms with Crippen LogP contribution in [0.3, 0.4) is 0 Å². The van der Waals surface area contributed by atoms with E-state index in [0.29, 0.717) is 13.0 Å². The van der Waals surface area contributed by atoms with Crippen molar-refractivity contribution in [1.82, 2.24) is 0 Å². The number of hydrogen-bond donors (Lipinski definition) is 3. The highest BCUT2D eigenvalue weighted by molar-refractivity contribution is 7.85. The Bertz CT molecular complexity index is 203. The van der Waals surface area contributed by atoms with E-state index in [1.54, 1.807) is 0 Å². The Hall–Kier alpha value is -0.170. The van der Waals surface area contributed by atoms with Gasteiger partial charge in [0, 0.05) is 6.04 Å². The lowest BCUT2D eigenvalue weighted by molar-refractivity contribution is 0.472. The molecular weight excluding hydrogens is 180 g/mol. The maximum atomic E-state index is 10.3. The fraction of sp³-hybridized carbons (Fsp3) is 1.00. The van der Waals surface area contributed by atoms with Crippen molar-refractivity contribution in [2.45, 2.75) is 25.3 Å². The molecule has 0 aromatic carbocycles. The molecule has 0 amide bonds. The van der Waals surface area contributed by atoms with E-state index in [4.69, 9.17) is 16.0 Å². The van der Waals surface area contributed by atoms with E-state index >= 15 is 0 Å². The summed E-state index contributed by atoms with van der Waals surface area (Å²) in [6, 6.07) is -0.480. The quantitative estimate of drug-likeness (QED) is 0.386.